The number of nitrogens with zero attached hydrogens (tertiary/aromatic N) is 2. The van der Waals surface area contributed by atoms with Crippen molar-refractivity contribution < 1.29 is 24.2 Å². The number of benzene rings is 1. The van der Waals surface area contributed by atoms with Crippen LogP contribution in [0.3, 0.4) is 0 Å². The molecular weight excluding hydrogens is 276 g/mol. The second-order valence-corrected chi connectivity index (χ2v) is 3.90. The summed E-state index contributed by atoms with van der Waals surface area (Å²) in [5.74, 6) is -2.00. The van der Waals surface area contributed by atoms with Crippen LogP contribution < -0.4 is 9.47 Å². The van der Waals surface area contributed by atoms with E-state index in [1.165, 1.54) is 0 Å². The highest BCUT2D eigenvalue weighted by atomic mass is 16.5. The average Bonchev–Trinajstić information content (AvgIpc) is 2.47. The number of carbonyl (C=O) groups is 2. The first-order chi connectivity index (χ1) is 10.1. The highest BCUT2D eigenvalue weighted by Crippen LogP contribution is 2.08. The molecule has 0 aliphatic rings. The lowest BCUT2D eigenvalue weighted by Gasteiger charge is -2.04. The summed E-state index contributed by atoms with van der Waals surface area (Å²) in [7, 11) is 0. The molecule has 7 nitrogen and oxygen atoms in total. The highest BCUT2D eigenvalue weighted by Gasteiger charge is 2.12. The third-order valence-electron chi connectivity index (χ3n) is 2.41. The smallest absolute Gasteiger partial charge is 0.345 e. The van der Waals surface area contributed by atoms with Gasteiger partial charge in [0.05, 0.1) is 5.56 Å². The molecule has 0 fully saturated rings. The van der Waals surface area contributed by atoms with Crippen molar-refractivity contribution in [2.75, 3.05) is 0 Å². The van der Waals surface area contributed by atoms with Crippen molar-refractivity contribution in [2.45, 2.75) is 0 Å². The molecule has 1 aromatic heterocycles. The van der Waals surface area contributed by atoms with Crippen LogP contribution in [0.2, 0.25) is 0 Å². The zero-order valence-electron chi connectivity index (χ0n) is 10.7. The largest absolute Gasteiger partial charge is 0.618 e. The van der Waals surface area contributed by atoms with E-state index in [-0.39, 0.29) is 11.6 Å². The van der Waals surface area contributed by atoms with Crippen LogP contribution in [0, 0.1) is 5.21 Å². The quantitative estimate of drug-likeness (QED) is 0.389. The minimum absolute atomic E-state index is 0.0110. The third-order valence-corrected chi connectivity index (χ3v) is 2.41. The van der Waals surface area contributed by atoms with E-state index in [9.17, 15) is 14.8 Å². The maximum absolute atomic E-state index is 11.8. The maximum atomic E-state index is 11.8. The summed E-state index contributed by atoms with van der Waals surface area (Å²) in [6.07, 6.45) is 3.95. The molecule has 1 heterocycles. The molecule has 0 unspecified atom stereocenters. The standard InChI is InChI=1S/C14H10N2O5/c17-13(18)7-6-11-8-15-12(9-16(11)20)21-14(19)10-4-2-1-3-5-10/h1-9H,(H,17,18). The Kier molecular flexibility index (Phi) is 4.25. The molecule has 0 saturated carbocycles. The minimum Gasteiger partial charge on any atom is -0.618 e. The number of ether oxygens (including phenoxy) is 1. The van der Waals surface area contributed by atoms with Gasteiger partial charge in [0.15, 0.2) is 0 Å². The van der Waals surface area contributed by atoms with Gasteiger partial charge in [0.2, 0.25) is 11.9 Å². The Balaban J connectivity index is 2.14. The number of rotatable bonds is 4. The first kappa shape index (κ1) is 14.2. The molecule has 2 rings (SSSR count). The topological polar surface area (TPSA) is 103 Å². The van der Waals surface area contributed by atoms with Gasteiger partial charge in [-0.15, -0.1) is 0 Å². The van der Waals surface area contributed by atoms with E-state index in [0.29, 0.717) is 10.3 Å². The molecular formula is C14H10N2O5. The summed E-state index contributed by atoms with van der Waals surface area (Å²) in [5.41, 5.74) is 0.337. The van der Waals surface area contributed by atoms with Gasteiger partial charge in [0.1, 0.15) is 6.20 Å². The van der Waals surface area contributed by atoms with Gasteiger partial charge in [-0.1, -0.05) is 18.2 Å². The first-order valence-corrected chi connectivity index (χ1v) is 5.84. The molecule has 0 amide bonds. The summed E-state index contributed by atoms with van der Waals surface area (Å²) >= 11 is 0. The SMILES string of the molecule is O=C(O)C=Cc1cnc(OC(=O)c2ccccc2)c[n+]1[O-]. The number of aromatic nitrogens is 2. The molecule has 106 valence electrons. The Labute approximate surface area is 119 Å². The molecule has 2 aromatic rings. The number of carbonyl (C=O) groups excluding carboxylic acids is 1. The first-order valence-electron chi connectivity index (χ1n) is 5.84. The number of hydrogen-bond acceptors (Lipinski definition) is 5. The molecule has 0 radical (unpaired) electrons. The molecule has 0 bridgehead atoms. The predicted octanol–water partition coefficient (Wildman–Crippen LogP) is 1.03. The molecule has 1 N–H and O–H groups in total. The van der Waals surface area contributed by atoms with Gasteiger partial charge >= 0.3 is 11.9 Å². The third kappa shape index (κ3) is 3.87. The van der Waals surface area contributed by atoms with Crippen molar-refractivity contribution in [3.05, 3.63) is 65.3 Å². The Morgan fingerprint density at radius 2 is 2.00 bits per heavy atom. The molecule has 0 aliphatic carbocycles. The van der Waals surface area contributed by atoms with Crippen molar-refractivity contribution in [2.24, 2.45) is 0 Å². The van der Waals surface area contributed by atoms with E-state index in [1.54, 1.807) is 30.3 Å². The van der Waals surface area contributed by atoms with Gasteiger partial charge in [-0.05, 0) is 12.1 Å². The van der Waals surface area contributed by atoms with Gasteiger partial charge in [-0.2, -0.15) is 4.73 Å². The Morgan fingerprint density at radius 3 is 2.62 bits per heavy atom. The van der Waals surface area contributed by atoms with Crippen molar-refractivity contribution >= 4 is 18.0 Å². The zero-order valence-corrected chi connectivity index (χ0v) is 10.7. The van der Waals surface area contributed by atoms with Gasteiger partial charge in [0.25, 0.3) is 5.88 Å². The van der Waals surface area contributed by atoms with E-state index in [0.717, 1.165) is 24.5 Å². The van der Waals surface area contributed by atoms with E-state index in [1.807, 2.05) is 0 Å². The summed E-state index contributed by atoms with van der Waals surface area (Å²) in [6.45, 7) is 0. The van der Waals surface area contributed by atoms with Crippen LogP contribution in [-0.2, 0) is 4.79 Å². The molecule has 0 saturated heterocycles. The lowest BCUT2D eigenvalue weighted by atomic mass is 10.2. The van der Waals surface area contributed by atoms with Gasteiger partial charge < -0.3 is 15.1 Å². The summed E-state index contributed by atoms with van der Waals surface area (Å²) in [5, 5.41) is 20.1. The molecule has 0 spiro atoms. The average molecular weight is 286 g/mol. The summed E-state index contributed by atoms with van der Waals surface area (Å²) < 4.78 is 5.31. The van der Waals surface area contributed by atoms with Crippen LogP contribution in [0.25, 0.3) is 6.08 Å². The van der Waals surface area contributed by atoms with Crippen molar-refractivity contribution in [1.29, 1.82) is 0 Å². The number of esters is 1. The van der Waals surface area contributed by atoms with Crippen LogP contribution >= 0.6 is 0 Å². The van der Waals surface area contributed by atoms with Crippen LogP contribution in [-0.4, -0.2) is 22.0 Å². The van der Waals surface area contributed by atoms with E-state index in [2.05, 4.69) is 4.98 Å². The number of carboxylic acids is 1. The predicted molar refractivity (Wildman–Crippen MR) is 71.3 cm³/mol. The van der Waals surface area contributed by atoms with E-state index < -0.39 is 11.9 Å². The van der Waals surface area contributed by atoms with Crippen LogP contribution in [0.4, 0.5) is 0 Å². The molecule has 1 aromatic carbocycles. The highest BCUT2D eigenvalue weighted by molar-refractivity contribution is 5.90. The lowest BCUT2D eigenvalue weighted by molar-refractivity contribution is -0.608. The van der Waals surface area contributed by atoms with Gasteiger partial charge in [0, 0.05) is 12.2 Å². The number of carboxylic acid groups (broad SMARTS) is 1. The van der Waals surface area contributed by atoms with Gasteiger partial charge in [-0.25, -0.2) is 14.6 Å². The molecule has 7 heteroatoms. The second kappa shape index (κ2) is 6.29. The Bertz CT molecular complexity index is 698. The fraction of sp³-hybridized carbons (Fsp3) is 0. The molecule has 0 atom stereocenters. The van der Waals surface area contributed by atoms with Crippen molar-refractivity contribution in [3.63, 3.8) is 0 Å². The van der Waals surface area contributed by atoms with Crippen LogP contribution in [0.15, 0.2) is 48.8 Å². The second-order valence-electron chi connectivity index (χ2n) is 3.90. The number of hydrogen-bond donors (Lipinski definition) is 1. The fourth-order valence-corrected chi connectivity index (χ4v) is 1.45. The van der Waals surface area contributed by atoms with Gasteiger partial charge in [-0.3, -0.25) is 0 Å². The summed E-state index contributed by atoms with van der Waals surface area (Å²) in [6, 6.07) is 8.24. The van der Waals surface area contributed by atoms with Crippen LogP contribution in [0.1, 0.15) is 16.1 Å². The van der Waals surface area contributed by atoms with Crippen molar-refractivity contribution in [1.82, 2.24) is 4.98 Å². The maximum Gasteiger partial charge on any atom is 0.345 e. The van der Waals surface area contributed by atoms with E-state index >= 15 is 0 Å². The Morgan fingerprint density at radius 1 is 1.29 bits per heavy atom. The fourth-order valence-electron chi connectivity index (χ4n) is 1.45. The Hall–Kier alpha value is -3.22. The molecule has 0 aliphatic heterocycles. The minimum atomic E-state index is -1.19. The lowest BCUT2D eigenvalue weighted by Crippen LogP contribution is -2.30. The number of aliphatic carboxylic acids is 1. The van der Waals surface area contributed by atoms with Crippen molar-refractivity contribution in [3.8, 4) is 5.88 Å². The van der Waals surface area contributed by atoms with Crippen LogP contribution in [0.5, 0.6) is 5.88 Å². The zero-order chi connectivity index (χ0) is 15.2. The summed E-state index contributed by atoms with van der Waals surface area (Å²) in [4.78, 5) is 25.9. The monoisotopic (exact) mass is 286 g/mol. The van der Waals surface area contributed by atoms with E-state index in [4.69, 9.17) is 9.84 Å². The molecule has 21 heavy (non-hydrogen) atoms. The normalized spacial score (nSPS) is 10.5.